The molecule has 0 aliphatic carbocycles. The number of aromatic hydroxyl groups is 1. The fourth-order valence-corrected chi connectivity index (χ4v) is 3.51. The Kier molecular flexibility index (Phi) is 5.91. The van der Waals surface area contributed by atoms with Crippen molar-refractivity contribution in [3.63, 3.8) is 0 Å². The minimum Gasteiger partial charge on any atom is -0.503 e. The zero-order valence-corrected chi connectivity index (χ0v) is 16.2. The van der Waals surface area contributed by atoms with Crippen molar-refractivity contribution in [2.24, 2.45) is 5.10 Å². The normalized spacial score (nSPS) is 11.5. The quantitative estimate of drug-likeness (QED) is 0.544. The first kappa shape index (κ1) is 19.1. The molecule has 0 spiro atoms. The lowest BCUT2D eigenvalue weighted by atomic mass is 10.2. The van der Waals surface area contributed by atoms with E-state index < -0.39 is 10.0 Å². The lowest BCUT2D eigenvalue weighted by molar-refractivity contribution is 0.372. The van der Waals surface area contributed by atoms with Crippen LogP contribution in [0, 0.1) is 6.92 Å². The maximum atomic E-state index is 12.4. The Labute approximate surface area is 154 Å². The fourth-order valence-electron chi connectivity index (χ4n) is 2.04. The number of phenolic OH excluding ortho intramolecular Hbond substituents is 1. The van der Waals surface area contributed by atoms with Crippen LogP contribution in [0.4, 0.5) is 0 Å². The van der Waals surface area contributed by atoms with Gasteiger partial charge >= 0.3 is 0 Å². The number of hydrogen-bond acceptors (Lipinski definition) is 6. The first-order valence-corrected chi connectivity index (χ1v) is 9.32. The van der Waals surface area contributed by atoms with Crippen LogP contribution in [0.3, 0.4) is 0 Å². The molecule has 0 aliphatic heterocycles. The van der Waals surface area contributed by atoms with E-state index in [0.29, 0.717) is 10.0 Å². The lowest BCUT2D eigenvalue weighted by Crippen LogP contribution is -2.19. The zero-order valence-electron chi connectivity index (χ0n) is 13.8. The number of ether oxygens (including phenoxy) is 2. The van der Waals surface area contributed by atoms with E-state index in [2.05, 4.69) is 25.9 Å². The van der Waals surface area contributed by atoms with Gasteiger partial charge in [-0.1, -0.05) is 6.07 Å². The van der Waals surface area contributed by atoms with Gasteiger partial charge in [0.25, 0.3) is 10.0 Å². The van der Waals surface area contributed by atoms with Crippen molar-refractivity contribution in [3.8, 4) is 17.2 Å². The number of rotatable bonds is 6. The van der Waals surface area contributed by atoms with Gasteiger partial charge in [0.1, 0.15) is 10.6 Å². The Morgan fingerprint density at radius 2 is 1.80 bits per heavy atom. The maximum Gasteiger partial charge on any atom is 0.280 e. The van der Waals surface area contributed by atoms with Gasteiger partial charge in [-0.3, -0.25) is 0 Å². The Bertz CT molecular complexity index is 913. The van der Waals surface area contributed by atoms with Crippen molar-refractivity contribution in [3.05, 3.63) is 45.9 Å². The van der Waals surface area contributed by atoms with Crippen molar-refractivity contribution in [2.75, 3.05) is 14.2 Å². The van der Waals surface area contributed by atoms with E-state index in [4.69, 9.17) is 9.47 Å². The summed E-state index contributed by atoms with van der Waals surface area (Å²) in [5.74, 6) is 0.403. The van der Waals surface area contributed by atoms with Crippen LogP contribution in [0.1, 0.15) is 11.1 Å². The van der Waals surface area contributed by atoms with Crippen LogP contribution in [-0.2, 0) is 10.0 Å². The molecule has 9 heteroatoms. The molecule has 0 aliphatic rings. The van der Waals surface area contributed by atoms with Crippen LogP contribution in [-0.4, -0.2) is 34.0 Å². The van der Waals surface area contributed by atoms with Crippen LogP contribution >= 0.6 is 15.9 Å². The molecule has 2 aromatic carbocycles. The molecule has 0 heterocycles. The highest BCUT2D eigenvalue weighted by molar-refractivity contribution is 9.10. The molecule has 0 unspecified atom stereocenters. The number of nitrogens with zero attached hydrogens (tertiary/aromatic N) is 1. The second kappa shape index (κ2) is 7.75. The molecule has 0 atom stereocenters. The molecule has 2 rings (SSSR count). The number of benzene rings is 2. The molecule has 2 N–H and O–H groups in total. The average molecular weight is 429 g/mol. The second-order valence-corrected chi connectivity index (χ2v) is 7.45. The predicted molar refractivity (Wildman–Crippen MR) is 98.0 cm³/mol. The molecule has 0 saturated heterocycles. The van der Waals surface area contributed by atoms with Gasteiger partial charge in [-0.2, -0.15) is 18.4 Å². The third kappa shape index (κ3) is 4.23. The second-order valence-electron chi connectivity index (χ2n) is 5.03. The molecule has 25 heavy (non-hydrogen) atoms. The number of halogens is 1. The number of sulfonamides is 1. The van der Waals surface area contributed by atoms with Gasteiger partial charge in [-0.15, -0.1) is 0 Å². The van der Waals surface area contributed by atoms with Crippen molar-refractivity contribution < 1.29 is 23.0 Å². The monoisotopic (exact) mass is 428 g/mol. The predicted octanol–water partition coefficient (Wildman–Crippen LogP) is 2.79. The average Bonchev–Trinajstić information content (AvgIpc) is 2.58. The van der Waals surface area contributed by atoms with Crippen LogP contribution in [0.25, 0.3) is 0 Å². The molecule has 0 saturated carbocycles. The van der Waals surface area contributed by atoms with Crippen molar-refractivity contribution in [1.82, 2.24) is 4.83 Å². The Morgan fingerprint density at radius 1 is 1.16 bits per heavy atom. The van der Waals surface area contributed by atoms with Crippen molar-refractivity contribution in [1.29, 1.82) is 0 Å². The van der Waals surface area contributed by atoms with Crippen LogP contribution in [0.2, 0.25) is 0 Å². The molecular formula is C16H17BrN2O5S. The molecule has 134 valence electrons. The van der Waals surface area contributed by atoms with E-state index in [0.717, 1.165) is 5.56 Å². The van der Waals surface area contributed by atoms with E-state index in [1.54, 1.807) is 31.2 Å². The van der Waals surface area contributed by atoms with Crippen LogP contribution in [0.15, 0.2) is 44.8 Å². The largest absolute Gasteiger partial charge is 0.503 e. The summed E-state index contributed by atoms with van der Waals surface area (Å²) in [6, 6.07) is 7.98. The number of aryl methyl sites for hydroxylation is 1. The number of methoxy groups -OCH3 is 2. The SMILES string of the molecule is COc1ccc(C)cc1S(=O)(=O)N/N=C/c1ccc(OC)c(O)c1Br. The maximum absolute atomic E-state index is 12.4. The summed E-state index contributed by atoms with van der Waals surface area (Å²) in [5.41, 5.74) is 1.24. The molecule has 0 aromatic heterocycles. The van der Waals surface area contributed by atoms with E-state index in [1.165, 1.54) is 26.5 Å². The van der Waals surface area contributed by atoms with Crippen LogP contribution in [0.5, 0.6) is 17.2 Å². The molecule has 2 aromatic rings. The van der Waals surface area contributed by atoms with Gasteiger partial charge in [0, 0.05) is 5.56 Å². The van der Waals surface area contributed by atoms with Gasteiger partial charge in [0.2, 0.25) is 0 Å². The van der Waals surface area contributed by atoms with Gasteiger partial charge in [-0.25, -0.2) is 0 Å². The number of phenols is 1. The third-order valence-corrected chi connectivity index (χ3v) is 5.39. The van der Waals surface area contributed by atoms with E-state index in [9.17, 15) is 13.5 Å². The summed E-state index contributed by atoms with van der Waals surface area (Å²) < 4.78 is 35.2. The van der Waals surface area contributed by atoms with Gasteiger partial charge in [-0.05, 0) is 52.7 Å². The summed E-state index contributed by atoms with van der Waals surface area (Å²) in [6.07, 6.45) is 1.27. The highest BCUT2D eigenvalue weighted by Gasteiger charge is 2.19. The van der Waals surface area contributed by atoms with E-state index >= 15 is 0 Å². The van der Waals surface area contributed by atoms with E-state index in [1.807, 2.05) is 0 Å². The van der Waals surface area contributed by atoms with E-state index in [-0.39, 0.29) is 22.1 Å². The Hall–Kier alpha value is -2.26. The summed E-state index contributed by atoms with van der Waals surface area (Å²) in [6.45, 7) is 1.78. The Balaban J connectivity index is 2.27. The van der Waals surface area contributed by atoms with Crippen molar-refractivity contribution >= 4 is 32.2 Å². The van der Waals surface area contributed by atoms with Crippen LogP contribution < -0.4 is 14.3 Å². The zero-order chi connectivity index (χ0) is 18.6. The summed E-state index contributed by atoms with van der Waals surface area (Å²) in [7, 11) is -1.08. The van der Waals surface area contributed by atoms with Gasteiger partial charge < -0.3 is 14.6 Å². The summed E-state index contributed by atoms with van der Waals surface area (Å²) >= 11 is 3.21. The molecular weight excluding hydrogens is 412 g/mol. The number of hydrazone groups is 1. The topological polar surface area (TPSA) is 97.2 Å². The minimum absolute atomic E-state index is 0.0104. The molecule has 7 nitrogen and oxygen atoms in total. The lowest BCUT2D eigenvalue weighted by Gasteiger charge is -2.10. The molecule has 0 amide bonds. The van der Waals surface area contributed by atoms with Gasteiger partial charge in [0.15, 0.2) is 11.5 Å². The Morgan fingerprint density at radius 3 is 2.44 bits per heavy atom. The standard InChI is InChI=1S/C16H17BrN2O5S/c1-10-4-6-12(23-2)14(8-10)25(21,22)19-18-9-11-5-7-13(24-3)16(20)15(11)17/h4-9,19-20H,1-3H3/b18-9+. The number of hydrogen-bond donors (Lipinski definition) is 2. The fraction of sp³-hybridized carbons (Fsp3) is 0.188. The summed E-state index contributed by atoms with van der Waals surface area (Å²) in [5, 5.41) is 13.7. The molecule has 0 radical (unpaired) electrons. The van der Waals surface area contributed by atoms with Crippen molar-refractivity contribution in [2.45, 2.75) is 11.8 Å². The summed E-state index contributed by atoms with van der Waals surface area (Å²) in [4.78, 5) is 2.12. The third-order valence-electron chi connectivity index (χ3n) is 3.31. The highest BCUT2D eigenvalue weighted by atomic mass is 79.9. The minimum atomic E-state index is -3.91. The number of nitrogens with one attached hydrogen (secondary N) is 1. The van der Waals surface area contributed by atoms with Gasteiger partial charge in [0.05, 0.1) is 24.9 Å². The highest BCUT2D eigenvalue weighted by Crippen LogP contribution is 2.35. The molecule has 0 fully saturated rings. The first-order chi connectivity index (χ1) is 11.8. The first-order valence-electron chi connectivity index (χ1n) is 7.05. The molecule has 0 bridgehead atoms. The smallest absolute Gasteiger partial charge is 0.280 e.